The van der Waals surface area contributed by atoms with Crippen molar-refractivity contribution in [2.24, 2.45) is 0 Å². The molecule has 0 amide bonds. The van der Waals surface area contributed by atoms with Crippen LogP contribution in [0.5, 0.6) is 23.0 Å². The number of ether oxygens (including phenoxy) is 3. The van der Waals surface area contributed by atoms with Gasteiger partial charge in [-0.15, -0.1) is 0 Å². The first-order valence-electron chi connectivity index (χ1n) is 9.40. The highest BCUT2D eigenvalue weighted by Crippen LogP contribution is 2.44. The van der Waals surface area contributed by atoms with Crippen molar-refractivity contribution < 1.29 is 28.8 Å². The number of hydrogen-bond donors (Lipinski definition) is 2. The molecule has 152 valence electrons. The Hall–Kier alpha value is -3.71. The van der Waals surface area contributed by atoms with E-state index in [0.717, 1.165) is 0 Å². The van der Waals surface area contributed by atoms with Gasteiger partial charge in [-0.3, -0.25) is 4.79 Å². The van der Waals surface area contributed by atoms with Crippen LogP contribution in [0.1, 0.15) is 11.7 Å². The minimum absolute atomic E-state index is 0.0171. The molecule has 2 N–H and O–H groups in total. The lowest BCUT2D eigenvalue weighted by Gasteiger charge is -2.33. The van der Waals surface area contributed by atoms with Gasteiger partial charge < -0.3 is 28.8 Å². The molecule has 0 bridgehead atoms. The minimum Gasteiger partial charge on any atom is -0.504 e. The molecule has 0 aliphatic carbocycles. The van der Waals surface area contributed by atoms with E-state index in [4.69, 9.17) is 18.6 Å². The van der Waals surface area contributed by atoms with E-state index in [-0.39, 0.29) is 34.7 Å². The zero-order valence-electron chi connectivity index (χ0n) is 16.0. The molecule has 1 aliphatic heterocycles. The van der Waals surface area contributed by atoms with Gasteiger partial charge in [0.2, 0.25) is 5.43 Å². The second-order valence-electron chi connectivity index (χ2n) is 7.00. The van der Waals surface area contributed by atoms with Gasteiger partial charge in [0.15, 0.2) is 35.2 Å². The Morgan fingerprint density at radius 3 is 2.67 bits per heavy atom. The third-order valence-corrected chi connectivity index (χ3v) is 5.24. The molecule has 0 spiro atoms. The molecule has 0 fully saturated rings. The molecule has 4 aromatic rings. The van der Waals surface area contributed by atoms with Crippen LogP contribution in [-0.4, -0.2) is 30.0 Å². The van der Waals surface area contributed by atoms with Crippen molar-refractivity contribution in [2.45, 2.75) is 12.2 Å². The maximum absolute atomic E-state index is 13.2. The number of phenols is 1. The predicted octanol–water partition coefficient (Wildman–Crippen LogP) is 3.53. The van der Waals surface area contributed by atoms with E-state index in [0.29, 0.717) is 27.9 Å². The number of rotatable bonds is 3. The topological polar surface area (TPSA) is 98.4 Å². The summed E-state index contributed by atoms with van der Waals surface area (Å²) in [7, 11) is 1.44. The summed E-state index contributed by atoms with van der Waals surface area (Å²) in [4.78, 5) is 13.2. The molecule has 3 aromatic carbocycles. The number of aromatic hydroxyl groups is 1. The Kier molecular flexibility index (Phi) is 4.25. The monoisotopic (exact) mass is 406 g/mol. The van der Waals surface area contributed by atoms with Crippen molar-refractivity contribution in [3.05, 3.63) is 70.4 Å². The Balaban J connectivity index is 1.71. The summed E-state index contributed by atoms with van der Waals surface area (Å²) in [6, 6.07) is 15.1. The number of fused-ring (bicyclic) bond motifs is 4. The fourth-order valence-corrected chi connectivity index (χ4v) is 3.77. The van der Waals surface area contributed by atoms with Crippen LogP contribution in [0.4, 0.5) is 0 Å². The largest absolute Gasteiger partial charge is 0.504 e. The molecule has 1 aliphatic rings. The summed E-state index contributed by atoms with van der Waals surface area (Å²) < 4.78 is 23.3. The second kappa shape index (κ2) is 6.96. The van der Waals surface area contributed by atoms with E-state index in [2.05, 4.69) is 0 Å². The zero-order valence-corrected chi connectivity index (χ0v) is 16.0. The van der Waals surface area contributed by atoms with Crippen LogP contribution in [0.15, 0.2) is 63.8 Å². The number of aliphatic hydroxyl groups is 1. The SMILES string of the molecule is COc1cc([C@@H]2Oc3c(ccc4oc5ccccc5c(=O)c34)O[C@H]2CO)ccc1O. The maximum atomic E-state index is 13.2. The third kappa shape index (κ3) is 2.74. The van der Waals surface area contributed by atoms with Gasteiger partial charge in [-0.2, -0.15) is 0 Å². The Morgan fingerprint density at radius 2 is 1.87 bits per heavy atom. The van der Waals surface area contributed by atoms with E-state index in [1.165, 1.54) is 13.2 Å². The van der Waals surface area contributed by atoms with Gasteiger partial charge >= 0.3 is 0 Å². The van der Waals surface area contributed by atoms with Gasteiger partial charge in [0.25, 0.3) is 0 Å². The van der Waals surface area contributed by atoms with Crippen LogP contribution in [0, 0.1) is 0 Å². The van der Waals surface area contributed by atoms with Crippen molar-refractivity contribution >= 4 is 21.9 Å². The lowest BCUT2D eigenvalue weighted by molar-refractivity contribution is -0.0112. The van der Waals surface area contributed by atoms with Gasteiger partial charge in [-0.1, -0.05) is 18.2 Å². The molecule has 0 saturated heterocycles. The summed E-state index contributed by atoms with van der Waals surface area (Å²) >= 11 is 0. The van der Waals surface area contributed by atoms with Crippen LogP contribution in [0.3, 0.4) is 0 Å². The van der Waals surface area contributed by atoms with Crippen molar-refractivity contribution in [1.82, 2.24) is 0 Å². The van der Waals surface area contributed by atoms with E-state index < -0.39 is 12.2 Å². The highest BCUT2D eigenvalue weighted by Gasteiger charge is 2.35. The Morgan fingerprint density at radius 1 is 1.03 bits per heavy atom. The fourth-order valence-electron chi connectivity index (χ4n) is 3.77. The molecule has 1 aromatic heterocycles. The molecular weight excluding hydrogens is 388 g/mol. The molecule has 30 heavy (non-hydrogen) atoms. The van der Waals surface area contributed by atoms with Crippen LogP contribution in [-0.2, 0) is 0 Å². The van der Waals surface area contributed by atoms with Crippen molar-refractivity contribution in [1.29, 1.82) is 0 Å². The van der Waals surface area contributed by atoms with Crippen LogP contribution in [0.2, 0.25) is 0 Å². The predicted molar refractivity (Wildman–Crippen MR) is 110 cm³/mol. The number of hydrogen-bond acceptors (Lipinski definition) is 7. The number of methoxy groups -OCH3 is 1. The van der Waals surface area contributed by atoms with Crippen molar-refractivity contribution in [3.8, 4) is 23.0 Å². The highest BCUT2D eigenvalue weighted by molar-refractivity contribution is 5.94. The molecule has 0 radical (unpaired) electrons. The van der Waals surface area contributed by atoms with Gasteiger partial charge in [0.1, 0.15) is 16.6 Å². The van der Waals surface area contributed by atoms with Crippen molar-refractivity contribution in [3.63, 3.8) is 0 Å². The average molecular weight is 406 g/mol. The molecule has 7 heteroatoms. The third-order valence-electron chi connectivity index (χ3n) is 5.24. The fraction of sp³-hybridized carbons (Fsp3) is 0.174. The smallest absolute Gasteiger partial charge is 0.204 e. The lowest BCUT2D eigenvalue weighted by Crippen LogP contribution is -2.36. The quantitative estimate of drug-likeness (QED) is 0.502. The highest BCUT2D eigenvalue weighted by atomic mass is 16.6. The average Bonchev–Trinajstić information content (AvgIpc) is 2.78. The van der Waals surface area contributed by atoms with E-state index in [1.807, 2.05) is 0 Å². The summed E-state index contributed by atoms with van der Waals surface area (Å²) in [6.07, 6.45) is -1.44. The first kappa shape index (κ1) is 18.3. The lowest BCUT2D eigenvalue weighted by atomic mass is 10.0. The molecular formula is C23H18O7. The summed E-state index contributed by atoms with van der Waals surface area (Å²) in [5, 5.41) is 20.5. The maximum Gasteiger partial charge on any atom is 0.204 e. The standard InChI is InChI=1S/C23H18O7/c1-27-18-10-12(6-7-14(18)25)22-19(11-24)29-17-9-8-16-20(23(17)30-22)21(26)13-4-2-3-5-15(13)28-16/h2-10,19,22,24-25H,11H2,1H3/t19-,22-/m0/s1. The van der Waals surface area contributed by atoms with E-state index >= 15 is 0 Å². The summed E-state index contributed by atoms with van der Waals surface area (Å²) in [5.74, 6) is 0.860. The summed E-state index contributed by atoms with van der Waals surface area (Å²) in [6.45, 7) is -0.308. The van der Waals surface area contributed by atoms with Gasteiger partial charge in [0.05, 0.1) is 19.1 Å². The Labute approximate surface area is 170 Å². The molecule has 0 saturated carbocycles. The number of phenolic OH excluding ortho intramolecular Hbond substituents is 1. The number of benzene rings is 3. The first-order chi connectivity index (χ1) is 14.6. The van der Waals surface area contributed by atoms with Crippen LogP contribution in [0.25, 0.3) is 21.9 Å². The van der Waals surface area contributed by atoms with Crippen LogP contribution < -0.4 is 19.6 Å². The van der Waals surface area contributed by atoms with Crippen molar-refractivity contribution in [2.75, 3.05) is 13.7 Å². The normalized spacial score (nSPS) is 17.9. The first-order valence-corrected chi connectivity index (χ1v) is 9.40. The zero-order chi connectivity index (χ0) is 20.8. The minimum atomic E-state index is -0.728. The van der Waals surface area contributed by atoms with Gasteiger partial charge in [-0.25, -0.2) is 0 Å². The molecule has 2 heterocycles. The van der Waals surface area contributed by atoms with Gasteiger partial charge in [-0.05, 0) is 36.4 Å². The Bertz CT molecular complexity index is 1320. The van der Waals surface area contributed by atoms with E-state index in [9.17, 15) is 15.0 Å². The summed E-state index contributed by atoms with van der Waals surface area (Å²) in [5.41, 5.74) is 1.26. The van der Waals surface area contributed by atoms with E-state index in [1.54, 1.807) is 48.5 Å². The number of para-hydroxylation sites is 1. The molecule has 7 nitrogen and oxygen atoms in total. The molecule has 2 atom stereocenters. The van der Waals surface area contributed by atoms with Crippen LogP contribution >= 0.6 is 0 Å². The molecule has 5 rings (SSSR count). The van der Waals surface area contributed by atoms with Gasteiger partial charge in [0, 0.05) is 5.56 Å². The second-order valence-corrected chi connectivity index (χ2v) is 7.00. The molecule has 0 unspecified atom stereocenters. The number of aliphatic hydroxyl groups excluding tert-OH is 1.